The molecular weight excluding hydrogens is 138 g/mol. The van der Waals surface area contributed by atoms with Gasteiger partial charge in [-0.15, -0.1) is 0 Å². The number of aromatic nitrogens is 2. The van der Waals surface area contributed by atoms with Crippen LogP contribution in [0.25, 0.3) is 0 Å². The van der Waals surface area contributed by atoms with Crippen LogP contribution in [0.5, 0.6) is 0 Å². The molecule has 1 heterocycles. The zero-order valence-corrected chi connectivity index (χ0v) is 7.04. The van der Waals surface area contributed by atoms with Crippen molar-refractivity contribution in [1.82, 2.24) is 10.2 Å². The highest BCUT2D eigenvalue weighted by Gasteiger charge is 2.13. The van der Waals surface area contributed by atoms with E-state index < -0.39 is 0 Å². The first-order valence-corrected chi connectivity index (χ1v) is 4.00. The molecular formula is C8H15N3. The molecule has 0 radical (unpaired) electrons. The maximum absolute atomic E-state index is 5.92. The van der Waals surface area contributed by atoms with Crippen LogP contribution in [-0.4, -0.2) is 10.2 Å². The van der Waals surface area contributed by atoms with Gasteiger partial charge in [-0.05, 0) is 12.0 Å². The van der Waals surface area contributed by atoms with Gasteiger partial charge in [0.05, 0.1) is 5.69 Å². The molecule has 0 fully saturated rings. The fourth-order valence-corrected chi connectivity index (χ4v) is 1.01. The van der Waals surface area contributed by atoms with Gasteiger partial charge in [0.1, 0.15) is 0 Å². The second kappa shape index (κ2) is 3.53. The summed E-state index contributed by atoms with van der Waals surface area (Å²) in [5.41, 5.74) is 6.95. The Bertz CT molecular complexity index is 193. The summed E-state index contributed by atoms with van der Waals surface area (Å²) in [6.45, 7) is 4.28. The molecule has 2 atom stereocenters. The Morgan fingerprint density at radius 2 is 2.45 bits per heavy atom. The van der Waals surface area contributed by atoms with E-state index >= 15 is 0 Å². The second-order valence-electron chi connectivity index (χ2n) is 2.92. The van der Waals surface area contributed by atoms with Crippen LogP contribution in [0.15, 0.2) is 12.3 Å². The molecule has 0 aliphatic rings. The topological polar surface area (TPSA) is 54.7 Å². The second-order valence-corrected chi connectivity index (χ2v) is 2.92. The van der Waals surface area contributed by atoms with Crippen LogP contribution in [0, 0.1) is 5.92 Å². The van der Waals surface area contributed by atoms with Crippen LogP contribution in [0.3, 0.4) is 0 Å². The van der Waals surface area contributed by atoms with E-state index in [1.165, 1.54) is 0 Å². The Hall–Kier alpha value is -0.830. The fraction of sp³-hybridized carbons (Fsp3) is 0.625. The minimum Gasteiger partial charge on any atom is -0.322 e. The first-order valence-electron chi connectivity index (χ1n) is 4.00. The van der Waals surface area contributed by atoms with Crippen molar-refractivity contribution < 1.29 is 0 Å². The Kier molecular flexibility index (Phi) is 2.65. The Morgan fingerprint density at radius 3 is 2.91 bits per heavy atom. The number of rotatable bonds is 3. The van der Waals surface area contributed by atoms with Gasteiger partial charge in [0.15, 0.2) is 0 Å². The molecule has 3 heteroatoms. The maximum Gasteiger partial charge on any atom is 0.0522 e. The van der Waals surface area contributed by atoms with Crippen LogP contribution in [0.2, 0.25) is 0 Å². The van der Waals surface area contributed by atoms with E-state index in [0.29, 0.717) is 5.92 Å². The summed E-state index contributed by atoms with van der Waals surface area (Å²) in [5, 5.41) is 6.73. The summed E-state index contributed by atoms with van der Waals surface area (Å²) in [6, 6.07) is 2.03. The standard InChI is InChI=1S/C8H15N3/c1-3-6(2)8(9)7-4-5-10-11-7/h4-6,8H,3,9H2,1-2H3,(H,10,11). The van der Waals surface area contributed by atoms with Gasteiger partial charge in [0, 0.05) is 12.2 Å². The average molecular weight is 153 g/mol. The molecule has 0 saturated carbocycles. The van der Waals surface area contributed by atoms with Crippen LogP contribution in [0.1, 0.15) is 32.0 Å². The first-order chi connectivity index (χ1) is 5.25. The van der Waals surface area contributed by atoms with E-state index in [0.717, 1.165) is 12.1 Å². The smallest absolute Gasteiger partial charge is 0.0522 e. The zero-order chi connectivity index (χ0) is 8.27. The van der Waals surface area contributed by atoms with Crippen molar-refractivity contribution in [3.8, 4) is 0 Å². The van der Waals surface area contributed by atoms with Gasteiger partial charge >= 0.3 is 0 Å². The van der Waals surface area contributed by atoms with E-state index in [1.54, 1.807) is 6.20 Å². The molecule has 0 bridgehead atoms. The number of aromatic amines is 1. The van der Waals surface area contributed by atoms with Gasteiger partial charge in [-0.2, -0.15) is 5.10 Å². The number of nitrogens with zero attached hydrogens (tertiary/aromatic N) is 1. The molecule has 11 heavy (non-hydrogen) atoms. The van der Waals surface area contributed by atoms with Crippen molar-refractivity contribution in [2.75, 3.05) is 0 Å². The van der Waals surface area contributed by atoms with E-state index in [2.05, 4.69) is 24.0 Å². The third kappa shape index (κ3) is 1.80. The van der Waals surface area contributed by atoms with Crippen molar-refractivity contribution in [1.29, 1.82) is 0 Å². The molecule has 2 unspecified atom stereocenters. The van der Waals surface area contributed by atoms with Crippen LogP contribution in [0.4, 0.5) is 0 Å². The molecule has 0 aliphatic carbocycles. The van der Waals surface area contributed by atoms with E-state index in [-0.39, 0.29) is 6.04 Å². The lowest BCUT2D eigenvalue weighted by molar-refractivity contribution is 0.448. The zero-order valence-electron chi connectivity index (χ0n) is 7.04. The van der Waals surface area contributed by atoms with Gasteiger partial charge in [-0.25, -0.2) is 0 Å². The Labute approximate surface area is 67.0 Å². The first kappa shape index (κ1) is 8.27. The lowest BCUT2D eigenvalue weighted by Gasteiger charge is -2.15. The van der Waals surface area contributed by atoms with Crippen molar-refractivity contribution in [3.05, 3.63) is 18.0 Å². The van der Waals surface area contributed by atoms with E-state index in [4.69, 9.17) is 5.73 Å². The van der Waals surface area contributed by atoms with Crippen LogP contribution in [-0.2, 0) is 0 Å². The van der Waals surface area contributed by atoms with Crippen LogP contribution < -0.4 is 5.73 Å². The lowest BCUT2D eigenvalue weighted by atomic mass is 9.98. The number of nitrogens with two attached hydrogens (primary N) is 1. The molecule has 0 aliphatic heterocycles. The summed E-state index contributed by atoms with van der Waals surface area (Å²) in [5.74, 6) is 0.510. The molecule has 0 aromatic carbocycles. The highest BCUT2D eigenvalue weighted by atomic mass is 15.1. The molecule has 1 aromatic rings. The minimum absolute atomic E-state index is 0.0995. The normalized spacial score (nSPS) is 16.3. The molecule has 0 saturated heterocycles. The highest BCUT2D eigenvalue weighted by Crippen LogP contribution is 2.18. The van der Waals surface area contributed by atoms with E-state index in [1.807, 2.05) is 6.07 Å². The average Bonchev–Trinajstić information content (AvgIpc) is 2.53. The molecule has 3 nitrogen and oxygen atoms in total. The third-order valence-electron chi connectivity index (χ3n) is 2.14. The number of H-pyrrole nitrogens is 1. The van der Waals surface area contributed by atoms with E-state index in [9.17, 15) is 0 Å². The molecule has 0 amide bonds. The summed E-state index contributed by atoms with van der Waals surface area (Å²) in [7, 11) is 0. The predicted molar refractivity (Wildman–Crippen MR) is 45.0 cm³/mol. The summed E-state index contributed by atoms with van der Waals surface area (Å²) in [6.07, 6.45) is 2.83. The summed E-state index contributed by atoms with van der Waals surface area (Å²) < 4.78 is 0. The summed E-state index contributed by atoms with van der Waals surface area (Å²) in [4.78, 5) is 0. The van der Waals surface area contributed by atoms with Crippen LogP contribution >= 0.6 is 0 Å². The highest BCUT2D eigenvalue weighted by molar-refractivity contribution is 5.04. The molecule has 62 valence electrons. The third-order valence-corrected chi connectivity index (χ3v) is 2.14. The molecule has 0 spiro atoms. The molecule has 3 N–H and O–H groups in total. The van der Waals surface area contributed by atoms with Gasteiger partial charge in [-0.1, -0.05) is 20.3 Å². The summed E-state index contributed by atoms with van der Waals surface area (Å²) >= 11 is 0. The van der Waals surface area contributed by atoms with Gasteiger partial charge in [0.25, 0.3) is 0 Å². The predicted octanol–water partition coefficient (Wildman–Crippen LogP) is 1.46. The minimum atomic E-state index is 0.0995. The van der Waals surface area contributed by atoms with Gasteiger partial charge in [0.2, 0.25) is 0 Å². The largest absolute Gasteiger partial charge is 0.322 e. The molecule has 1 aromatic heterocycles. The van der Waals surface area contributed by atoms with Gasteiger partial charge < -0.3 is 5.73 Å². The Morgan fingerprint density at radius 1 is 1.73 bits per heavy atom. The van der Waals surface area contributed by atoms with Gasteiger partial charge in [-0.3, -0.25) is 5.10 Å². The van der Waals surface area contributed by atoms with Crippen molar-refractivity contribution >= 4 is 0 Å². The SMILES string of the molecule is CCC(C)C(N)c1ccn[nH]1. The quantitative estimate of drug-likeness (QED) is 0.690. The van der Waals surface area contributed by atoms with Crippen molar-refractivity contribution in [3.63, 3.8) is 0 Å². The Balaban J connectivity index is 2.62. The fourth-order valence-electron chi connectivity index (χ4n) is 1.01. The number of nitrogens with one attached hydrogen (secondary N) is 1. The van der Waals surface area contributed by atoms with Crippen molar-refractivity contribution in [2.24, 2.45) is 11.7 Å². The monoisotopic (exact) mass is 153 g/mol. The van der Waals surface area contributed by atoms with Crippen molar-refractivity contribution in [2.45, 2.75) is 26.3 Å². The number of hydrogen-bond acceptors (Lipinski definition) is 2. The lowest BCUT2D eigenvalue weighted by Crippen LogP contribution is -2.18. The molecule has 1 rings (SSSR count). The number of hydrogen-bond donors (Lipinski definition) is 2. The maximum atomic E-state index is 5.92.